The number of sulfone groups is 1. The molecule has 142 valence electrons. The highest BCUT2D eigenvalue weighted by Crippen LogP contribution is 2.19. The van der Waals surface area contributed by atoms with Gasteiger partial charge in [0.2, 0.25) is 0 Å². The van der Waals surface area contributed by atoms with Crippen molar-refractivity contribution in [2.75, 3.05) is 37.3 Å². The van der Waals surface area contributed by atoms with Crippen molar-refractivity contribution >= 4 is 27.5 Å². The lowest BCUT2D eigenvalue weighted by atomic mass is 10.2. The summed E-state index contributed by atoms with van der Waals surface area (Å²) in [6.45, 7) is 1.74. The SMILES string of the molecule is CS(=O)(=O)c1ccccc1C(=O)N1CCN(c2ccc(C(=O)O)nn2)CC1. The summed E-state index contributed by atoms with van der Waals surface area (Å²) in [5.74, 6) is -0.944. The van der Waals surface area contributed by atoms with Gasteiger partial charge in [0.05, 0.1) is 10.5 Å². The van der Waals surface area contributed by atoms with Crippen LogP contribution in [0.25, 0.3) is 0 Å². The Bertz CT molecular complexity index is 967. The lowest BCUT2D eigenvalue weighted by Crippen LogP contribution is -2.49. The van der Waals surface area contributed by atoms with E-state index in [0.717, 1.165) is 6.26 Å². The van der Waals surface area contributed by atoms with Crippen molar-refractivity contribution in [2.45, 2.75) is 4.90 Å². The molecule has 0 bridgehead atoms. The minimum Gasteiger partial charge on any atom is -0.476 e. The third-order valence-electron chi connectivity index (χ3n) is 4.28. The number of hydrogen-bond acceptors (Lipinski definition) is 7. The highest BCUT2D eigenvalue weighted by atomic mass is 32.2. The molecule has 0 radical (unpaired) electrons. The number of piperazine rings is 1. The van der Waals surface area contributed by atoms with Crippen LogP contribution < -0.4 is 4.90 Å². The lowest BCUT2D eigenvalue weighted by Gasteiger charge is -2.35. The molecule has 27 heavy (non-hydrogen) atoms. The highest BCUT2D eigenvalue weighted by molar-refractivity contribution is 7.90. The number of amides is 1. The van der Waals surface area contributed by atoms with E-state index in [1.165, 1.54) is 18.2 Å². The highest BCUT2D eigenvalue weighted by Gasteiger charge is 2.26. The molecule has 1 amide bonds. The van der Waals surface area contributed by atoms with Crippen molar-refractivity contribution < 1.29 is 23.1 Å². The molecule has 1 aromatic carbocycles. The van der Waals surface area contributed by atoms with Gasteiger partial charge in [-0.1, -0.05) is 12.1 Å². The summed E-state index contributed by atoms with van der Waals surface area (Å²) in [7, 11) is -3.51. The van der Waals surface area contributed by atoms with Gasteiger partial charge in [-0.25, -0.2) is 13.2 Å². The largest absolute Gasteiger partial charge is 0.476 e. The van der Waals surface area contributed by atoms with Crippen LogP contribution in [0.4, 0.5) is 5.82 Å². The van der Waals surface area contributed by atoms with Crippen LogP contribution in [0.1, 0.15) is 20.8 Å². The van der Waals surface area contributed by atoms with Crippen molar-refractivity contribution in [1.82, 2.24) is 15.1 Å². The first-order chi connectivity index (χ1) is 12.8. The van der Waals surface area contributed by atoms with Gasteiger partial charge >= 0.3 is 5.97 Å². The third-order valence-corrected chi connectivity index (χ3v) is 5.43. The average Bonchev–Trinajstić information content (AvgIpc) is 2.67. The summed E-state index contributed by atoms with van der Waals surface area (Å²) in [6.07, 6.45) is 1.08. The Hall–Kier alpha value is -3.01. The predicted molar refractivity (Wildman–Crippen MR) is 96.7 cm³/mol. The van der Waals surface area contributed by atoms with Gasteiger partial charge in [-0.15, -0.1) is 10.2 Å². The monoisotopic (exact) mass is 390 g/mol. The van der Waals surface area contributed by atoms with Crippen LogP contribution in [0.5, 0.6) is 0 Å². The van der Waals surface area contributed by atoms with E-state index in [1.54, 1.807) is 23.1 Å². The molecule has 1 aliphatic rings. The number of benzene rings is 1. The van der Waals surface area contributed by atoms with Gasteiger partial charge in [0.25, 0.3) is 5.91 Å². The van der Waals surface area contributed by atoms with E-state index < -0.39 is 15.8 Å². The fourth-order valence-corrected chi connectivity index (χ4v) is 3.76. The molecule has 2 aromatic rings. The second kappa shape index (κ2) is 7.31. The molecule has 0 saturated carbocycles. The first-order valence-electron chi connectivity index (χ1n) is 8.17. The van der Waals surface area contributed by atoms with Gasteiger partial charge in [-0.3, -0.25) is 4.79 Å². The predicted octanol–water partition coefficient (Wildman–Crippen LogP) is 0.541. The van der Waals surface area contributed by atoms with E-state index in [4.69, 9.17) is 5.11 Å². The summed E-state index contributed by atoms with van der Waals surface area (Å²) in [5.41, 5.74) is 0.0315. The lowest BCUT2D eigenvalue weighted by molar-refractivity contribution is 0.0687. The molecule has 1 aliphatic heterocycles. The number of rotatable bonds is 4. The number of carbonyl (C=O) groups excluding carboxylic acids is 1. The minimum atomic E-state index is -3.51. The summed E-state index contributed by atoms with van der Waals surface area (Å²) in [4.78, 5) is 27.1. The second-order valence-corrected chi connectivity index (χ2v) is 8.11. The Morgan fingerprint density at radius 1 is 1.00 bits per heavy atom. The molecule has 0 spiro atoms. The number of aromatic nitrogens is 2. The van der Waals surface area contributed by atoms with Crippen LogP contribution in [0, 0.1) is 0 Å². The van der Waals surface area contributed by atoms with Gasteiger partial charge in [0.1, 0.15) is 0 Å². The summed E-state index contributed by atoms with van der Waals surface area (Å²) < 4.78 is 23.8. The fourth-order valence-electron chi connectivity index (χ4n) is 2.88. The Morgan fingerprint density at radius 2 is 1.67 bits per heavy atom. The van der Waals surface area contributed by atoms with Crippen LogP contribution in [0.3, 0.4) is 0 Å². The van der Waals surface area contributed by atoms with E-state index in [1.807, 2.05) is 4.90 Å². The topological polar surface area (TPSA) is 121 Å². The molecule has 1 saturated heterocycles. The number of carbonyl (C=O) groups is 2. The fraction of sp³-hybridized carbons (Fsp3) is 0.294. The van der Waals surface area contributed by atoms with Gasteiger partial charge in [-0.05, 0) is 24.3 Å². The molecule has 0 aliphatic carbocycles. The number of aromatic carboxylic acids is 1. The zero-order valence-corrected chi connectivity index (χ0v) is 15.4. The zero-order chi connectivity index (χ0) is 19.6. The quantitative estimate of drug-likeness (QED) is 0.803. The van der Waals surface area contributed by atoms with Gasteiger partial charge in [-0.2, -0.15) is 0 Å². The van der Waals surface area contributed by atoms with Crippen LogP contribution >= 0.6 is 0 Å². The Labute approximate surface area is 156 Å². The van der Waals surface area contributed by atoms with Crippen molar-refractivity contribution in [3.63, 3.8) is 0 Å². The maximum absolute atomic E-state index is 12.8. The van der Waals surface area contributed by atoms with Gasteiger partial charge in [0.15, 0.2) is 21.3 Å². The van der Waals surface area contributed by atoms with Crippen molar-refractivity contribution in [2.24, 2.45) is 0 Å². The Kier molecular flexibility index (Phi) is 5.08. The van der Waals surface area contributed by atoms with E-state index >= 15 is 0 Å². The average molecular weight is 390 g/mol. The van der Waals surface area contributed by atoms with Crippen LogP contribution in [0.15, 0.2) is 41.3 Å². The first-order valence-corrected chi connectivity index (χ1v) is 10.1. The van der Waals surface area contributed by atoms with Gasteiger partial charge < -0.3 is 14.9 Å². The van der Waals surface area contributed by atoms with E-state index in [9.17, 15) is 18.0 Å². The van der Waals surface area contributed by atoms with Crippen LogP contribution in [-0.2, 0) is 9.84 Å². The molecule has 2 heterocycles. The molecule has 1 aromatic heterocycles. The maximum atomic E-state index is 12.8. The Balaban J connectivity index is 1.71. The molecule has 10 heteroatoms. The number of nitrogens with zero attached hydrogens (tertiary/aromatic N) is 4. The van der Waals surface area contributed by atoms with Crippen LogP contribution in [-0.4, -0.2) is 72.9 Å². The van der Waals surface area contributed by atoms with E-state index in [-0.39, 0.29) is 22.1 Å². The summed E-state index contributed by atoms with van der Waals surface area (Å²) in [5, 5.41) is 16.4. The van der Waals surface area contributed by atoms with Gasteiger partial charge in [0, 0.05) is 32.4 Å². The molecule has 0 atom stereocenters. The molecule has 9 nitrogen and oxygen atoms in total. The standard InChI is InChI=1S/C17H18N4O5S/c1-27(25,26)14-5-3-2-4-12(14)16(22)21-10-8-20(9-11-21)15-7-6-13(17(23)24)18-19-15/h2-7H,8-11H2,1H3,(H,23,24). The summed E-state index contributed by atoms with van der Waals surface area (Å²) >= 11 is 0. The molecular weight excluding hydrogens is 372 g/mol. The maximum Gasteiger partial charge on any atom is 0.356 e. The Morgan fingerprint density at radius 3 is 2.22 bits per heavy atom. The third kappa shape index (κ3) is 4.05. The molecular formula is C17H18N4O5S. The number of hydrogen-bond donors (Lipinski definition) is 1. The molecule has 0 unspecified atom stereocenters. The van der Waals surface area contributed by atoms with Crippen molar-refractivity contribution in [3.8, 4) is 0 Å². The minimum absolute atomic E-state index is 0.0209. The normalized spacial score (nSPS) is 14.9. The smallest absolute Gasteiger partial charge is 0.356 e. The first kappa shape index (κ1) is 18.8. The number of carboxylic acid groups (broad SMARTS) is 1. The van der Waals surface area contributed by atoms with Crippen molar-refractivity contribution in [1.29, 1.82) is 0 Å². The summed E-state index contributed by atoms with van der Waals surface area (Å²) in [6, 6.07) is 9.12. The second-order valence-electron chi connectivity index (χ2n) is 6.13. The van der Waals surface area contributed by atoms with E-state index in [2.05, 4.69) is 10.2 Å². The van der Waals surface area contributed by atoms with Crippen LogP contribution in [0.2, 0.25) is 0 Å². The zero-order valence-electron chi connectivity index (χ0n) is 14.6. The number of carboxylic acids is 1. The molecule has 1 N–H and O–H groups in total. The number of anilines is 1. The molecule has 3 rings (SSSR count). The molecule has 1 fully saturated rings. The van der Waals surface area contributed by atoms with E-state index in [0.29, 0.717) is 32.0 Å². The van der Waals surface area contributed by atoms with Crippen molar-refractivity contribution in [3.05, 3.63) is 47.7 Å².